The molecule has 2 aliphatic heterocycles. The fourth-order valence-corrected chi connectivity index (χ4v) is 5.74. The van der Waals surface area contributed by atoms with E-state index >= 15 is 0 Å². The zero-order valence-corrected chi connectivity index (χ0v) is 13.2. The highest BCUT2D eigenvalue weighted by atomic mass is 16.6. The molecule has 2 saturated heterocycles. The number of ether oxygens (including phenoxy) is 2. The van der Waals surface area contributed by atoms with Gasteiger partial charge in [0.25, 0.3) is 0 Å². The van der Waals surface area contributed by atoms with Crippen molar-refractivity contribution in [1.82, 2.24) is 0 Å². The second kappa shape index (κ2) is 4.10. The summed E-state index contributed by atoms with van der Waals surface area (Å²) in [6.45, 7) is 2.38. The highest BCUT2D eigenvalue weighted by Gasteiger charge is 2.89. The van der Waals surface area contributed by atoms with Crippen LogP contribution in [0.5, 0.6) is 0 Å². The van der Waals surface area contributed by atoms with E-state index in [-0.39, 0.29) is 6.42 Å². The van der Waals surface area contributed by atoms with E-state index in [1.807, 2.05) is 0 Å². The average Bonchev–Trinajstić information content (AvgIpc) is 2.87. The molecule has 0 aromatic rings. The number of carbonyl (C=O) groups excluding carboxylic acids is 2. The van der Waals surface area contributed by atoms with Gasteiger partial charge in [-0.1, -0.05) is 6.92 Å². The van der Waals surface area contributed by atoms with Gasteiger partial charge in [0.05, 0.1) is 11.5 Å². The first-order valence-electron chi connectivity index (χ1n) is 7.87. The second-order valence-electron chi connectivity index (χ2n) is 7.74. The smallest absolute Gasteiger partial charge is 0.342 e. The van der Waals surface area contributed by atoms with Gasteiger partial charge >= 0.3 is 11.9 Å². The third-order valence-corrected chi connectivity index (χ3v) is 7.23. The minimum absolute atomic E-state index is 0.285. The first-order chi connectivity index (χ1) is 11.0. The Balaban J connectivity index is 2.06. The van der Waals surface area contributed by atoms with E-state index in [1.165, 1.54) is 13.8 Å². The summed E-state index contributed by atoms with van der Waals surface area (Å²) in [7, 11) is 0. The number of aliphatic hydroxyl groups is 5. The van der Waals surface area contributed by atoms with Crippen LogP contribution in [0.15, 0.2) is 0 Å². The molecule has 0 aromatic heterocycles. The van der Waals surface area contributed by atoms with Crippen LogP contribution in [0.4, 0.5) is 0 Å². The van der Waals surface area contributed by atoms with Gasteiger partial charge in [-0.15, -0.1) is 0 Å². The molecular formula is C15H20O9. The lowest BCUT2D eigenvalue weighted by Crippen LogP contribution is -2.82. The van der Waals surface area contributed by atoms with Gasteiger partial charge in [0.2, 0.25) is 5.60 Å². The van der Waals surface area contributed by atoms with Crippen LogP contribution in [0.3, 0.4) is 0 Å². The molecule has 0 radical (unpaired) electrons. The molecule has 5 N–H and O–H groups in total. The molecule has 0 aromatic carbocycles. The molecule has 2 heterocycles. The number of rotatable bonds is 0. The summed E-state index contributed by atoms with van der Waals surface area (Å²) in [6.07, 6.45) is -6.72. The van der Waals surface area contributed by atoms with E-state index in [0.717, 1.165) is 0 Å². The van der Waals surface area contributed by atoms with Crippen molar-refractivity contribution in [2.45, 2.75) is 55.9 Å². The van der Waals surface area contributed by atoms with Crippen LogP contribution in [-0.2, 0) is 19.1 Å². The minimum atomic E-state index is -2.38. The molecule has 24 heavy (non-hydrogen) atoms. The Bertz CT molecular complexity index is 651. The van der Waals surface area contributed by atoms with Crippen LogP contribution in [0, 0.1) is 16.7 Å². The van der Waals surface area contributed by atoms with Crippen LogP contribution in [0.25, 0.3) is 0 Å². The predicted octanol–water partition coefficient (Wildman–Crippen LogP) is -2.94. The van der Waals surface area contributed by atoms with E-state index in [9.17, 15) is 35.1 Å². The zero-order valence-electron chi connectivity index (χ0n) is 13.2. The summed E-state index contributed by atoms with van der Waals surface area (Å²) in [5.74, 6) is -3.07. The van der Waals surface area contributed by atoms with Gasteiger partial charge in [-0.2, -0.15) is 0 Å². The Morgan fingerprint density at radius 3 is 2.42 bits per heavy atom. The van der Waals surface area contributed by atoms with E-state index in [0.29, 0.717) is 0 Å². The molecular weight excluding hydrogens is 324 g/mol. The van der Waals surface area contributed by atoms with Crippen molar-refractivity contribution < 1.29 is 44.6 Å². The molecule has 9 nitrogen and oxygen atoms in total. The third kappa shape index (κ3) is 1.18. The van der Waals surface area contributed by atoms with Crippen molar-refractivity contribution in [2.24, 2.45) is 16.7 Å². The summed E-state index contributed by atoms with van der Waals surface area (Å²) in [4.78, 5) is 24.4. The summed E-state index contributed by atoms with van der Waals surface area (Å²) >= 11 is 0. The number of fused-ring (bicyclic) bond motifs is 4. The van der Waals surface area contributed by atoms with Crippen LogP contribution >= 0.6 is 0 Å². The number of aliphatic hydroxyl groups excluding tert-OH is 3. The van der Waals surface area contributed by atoms with Gasteiger partial charge < -0.3 is 35.0 Å². The van der Waals surface area contributed by atoms with Crippen molar-refractivity contribution in [2.75, 3.05) is 6.61 Å². The summed E-state index contributed by atoms with van der Waals surface area (Å²) in [5.41, 5.74) is -8.19. The first-order valence-corrected chi connectivity index (χ1v) is 7.87. The van der Waals surface area contributed by atoms with E-state index in [2.05, 4.69) is 0 Å². The molecule has 0 amide bonds. The topological polar surface area (TPSA) is 154 Å². The number of hydrogen-bond donors (Lipinski definition) is 5. The van der Waals surface area contributed by atoms with E-state index in [4.69, 9.17) is 9.47 Å². The normalized spacial score (nSPS) is 61.9. The van der Waals surface area contributed by atoms with Crippen molar-refractivity contribution in [3.63, 3.8) is 0 Å². The predicted molar refractivity (Wildman–Crippen MR) is 73.1 cm³/mol. The van der Waals surface area contributed by atoms with Gasteiger partial charge in [-0.3, -0.25) is 0 Å². The Morgan fingerprint density at radius 2 is 1.79 bits per heavy atom. The highest BCUT2D eigenvalue weighted by molar-refractivity contribution is 5.87. The van der Waals surface area contributed by atoms with Crippen molar-refractivity contribution in [3.05, 3.63) is 0 Å². The summed E-state index contributed by atoms with van der Waals surface area (Å²) in [5, 5.41) is 54.1. The van der Waals surface area contributed by atoms with E-state index in [1.54, 1.807) is 0 Å². The van der Waals surface area contributed by atoms with Crippen LogP contribution in [-0.4, -0.2) is 79.7 Å². The van der Waals surface area contributed by atoms with Gasteiger partial charge in [0, 0.05) is 5.41 Å². The molecule has 2 bridgehead atoms. The van der Waals surface area contributed by atoms with Crippen LogP contribution in [0.1, 0.15) is 20.3 Å². The molecule has 2 saturated carbocycles. The maximum Gasteiger partial charge on any atom is 0.342 e. The fourth-order valence-electron chi connectivity index (χ4n) is 5.74. The van der Waals surface area contributed by atoms with Gasteiger partial charge in [-0.05, 0) is 19.3 Å². The molecule has 4 fully saturated rings. The lowest BCUT2D eigenvalue weighted by Gasteiger charge is -2.64. The molecule has 0 unspecified atom stereocenters. The Morgan fingerprint density at radius 1 is 1.17 bits per heavy atom. The molecule has 4 rings (SSSR count). The SMILES string of the molecule is C[C@@H]1[C@@H](O)[C@@H](O)[C@@]2(O)[C@@]13C[C@@H](OC(=O)[C@@H]3O)[C@@]1(O)C(=O)OC[C@@]21C. The monoisotopic (exact) mass is 344 g/mol. The highest BCUT2D eigenvalue weighted by Crippen LogP contribution is 2.71. The lowest BCUT2D eigenvalue weighted by molar-refractivity contribution is -0.334. The molecule has 1 spiro atoms. The standard InChI is InChI=1S/C15H20O9/c1-5-7(16)8(17)15(22)12(2)4-23-11(20)14(12,21)6-3-13(5,15)9(18)10(19)24-6/h5-9,16-18,21-22H,3-4H2,1-2H3/t5-,6-,7-,8-,9+,12-,13+,14-,15+/m1/s1. The quantitative estimate of drug-likeness (QED) is 0.290. The van der Waals surface area contributed by atoms with Crippen molar-refractivity contribution in [1.29, 1.82) is 0 Å². The van der Waals surface area contributed by atoms with Crippen LogP contribution in [0.2, 0.25) is 0 Å². The van der Waals surface area contributed by atoms with Gasteiger partial charge in [-0.25, -0.2) is 9.59 Å². The Hall–Kier alpha value is -1.26. The first kappa shape index (κ1) is 16.2. The molecule has 4 aliphatic rings. The molecule has 9 atom stereocenters. The summed E-state index contributed by atoms with van der Waals surface area (Å²) < 4.78 is 10.0. The maximum absolute atomic E-state index is 12.2. The Labute approximate surface area is 136 Å². The third-order valence-electron chi connectivity index (χ3n) is 7.23. The number of esters is 2. The van der Waals surface area contributed by atoms with E-state index < -0.39 is 70.9 Å². The number of cyclic esters (lactones) is 1. The van der Waals surface area contributed by atoms with Gasteiger partial charge in [0.1, 0.15) is 24.4 Å². The Kier molecular flexibility index (Phi) is 2.77. The zero-order chi connectivity index (χ0) is 17.9. The van der Waals surface area contributed by atoms with Gasteiger partial charge in [0.15, 0.2) is 6.10 Å². The number of carbonyl (C=O) groups is 2. The fraction of sp³-hybridized carbons (Fsp3) is 0.867. The average molecular weight is 344 g/mol. The molecule has 2 aliphatic carbocycles. The van der Waals surface area contributed by atoms with Crippen molar-refractivity contribution >= 4 is 11.9 Å². The largest absolute Gasteiger partial charge is 0.463 e. The van der Waals surface area contributed by atoms with Crippen molar-refractivity contribution in [3.8, 4) is 0 Å². The minimum Gasteiger partial charge on any atom is -0.463 e. The number of hydrogen-bond acceptors (Lipinski definition) is 9. The summed E-state index contributed by atoms with van der Waals surface area (Å²) in [6, 6.07) is 0. The van der Waals surface area contributed by atoms with Crippen LogP contribution < -0.4 is 0 Å². The lowest BCUT2D eigenvalue weighted by atomic mass is 9.44. The maximum atomic E-state index is 12.2. The molecule has 9 heteroatoms. The second-order valence-corrected chi connectivity index (χ2v) is 7.74. The molecule has 134 valence electrons.